The number of carbonyl (C=O) groups excluding carboxylic acids is 1. The molecule has 1 amide bonds. The van der Waals surface area contributed by atoms with Crippen LogP contribution in [0.1, 0.15) is 127 Å². The van der Waals surface area contributed by atoms with Crippen LogP contribution >= 0.6 is 7.14 Å². The maximum Gasteiger partial charge on any atom is 0.438 e. The molecule has 7 aromatic rings. The lowest BCUT2D eigenvalue weighted by Crippen LogP contribution is -2.41. The van der Waals surface area contributed by atoms with Gasteiger partial charge in [-0.3, -0.25) is 23.4 Å². The average Bonchev–Trinajstić information content (AvgIpc) is 4.31. The molecule has 6 heterocycles. The SMILES string of the molecule is CCc1cc(-n2ccn(-c3c4c(nn3-c3cc(C)c(F)c(C)c3)CCN(C(=O)c3cc5cc(C6CCOCC6)ccc5n3C3(c5noc(=O)[nH]5)CC3)[C@H]4C)c2=O)ccc1P(=O)(C1CC1)C1CC1. The molecule has 3 aliphatic carbocycles. The third kappa shape index (κ3) is 6.65. The molecule has 1 N–H and O–H groups in total. The quantitative estimate of drug-likeness (QED) is 0.127. The second-order valence-electron chi connectivity index (χ2n) is 19.6. The maximum absolute atomic E-state index is 15.5. The number of aromatic amines is 1. The molecule has 346 valence electrons. The normalized spacial score (nSPS) is 19.6. The van der Waals surface area contributed by atoms with Crippen molar-refractivity contribution in [2.24, 2.45) is 0 Å². The first-order valence-electron chi connectivity index (χ1n) is 23.9. The average molecular weight is 925 g/mol. The van der Waals surface area contributed by atoms with E-state index in [1.807, 2.05) is 40.7 Å². The predicted molar refractivity (Wildman–Crippen MR) is 252 cm³/mol. The number of H-pyrrole nitrogens is 1. The molecule has 4 aromatic heterocycles. The minimum atomic E-state index is -2.55. The molecular formula is C51H54FN8O6P. The summed E-state index contributed by atoms with van der Waals surface area (Å²) < 4.78 is 47.5. The standard InChI is InChI=1S/C51H54FN8O6P/c1-5-32-27-36(7-13-43(32)67(64,38-8-9-38)39-10-11-39)57-20-21-58(50(57)63)46-44-31(4)56(19-14-40(44)54-60(46)37-24-29(2)45(52)30(3)25-37)47(61)42-28-35-26-34(33-15-22-65-23-16-33)6-12-41(35)59(42)51(17-18-51)48-53-49(62)66-55-48/h6-7,12-13,20-21,24-28,31,33,38-39H,5,8-11,14-19,22-23H2,1-4H3,(H,53,55,62)/t31-/m0/s1. The molecule has 0 radical (unpaired) electrons. The van der Waals surface area contributed by atoms with Gasteiger partial charge in [-0.1, -0.05) is 18.1 Å². The molecule has 14 nitrogen and oxygen atoms in total. The van der Waals surface area contributed by atoms with Crippen LogP contribution in [0.2, 0.25) is 0 Å². The van der Waals surface area contributed by atoms with Crippen LogP contribution in [0.25, 0.3) is 28.1 Å². The van der Waals surface area contributed by atoms with Gasteiger partial charge in [0.05, 0.1) is 23.1 Å². The molecule has 1 atom stereocenters. The van der Waals surface area contributed by atoms with E-state index in [1.165, 1.54) is 5.56 Å². The number of carbonyl (C=O) groups is 1. The summed E-state index contributed by atoms with van der Waals surface area (Å²) in [6.07, 6.45) is 11.8. The highest BCUT2D eigenvalue weighted by atomic mass is 31.2. The van der Waals surface area contributed by atoms with Crippen molar-refractivity contribution in [1.82, 2.24) is 38.5 Å². The molecule has 0 bridgehead atoms. The topological polar surface area (TPSA) is 155 Å². The summed E-state index contributed by atoms with van der Waals surface area (Å²) in [6, 6.07) is 17.2. The van der Waals surface area contributed by atoms with Crippen molar-refractivity contribution in [3.8, 4) is 17.2 Å². The van der Waals surface area contributed by atoms with Crippen molar-refractivity contribution < 1.29 is 23.0 Å². The number of nitrogens with one attached hydrogen (secondary N) is 1. The van der Waals surface area contributed by atoms with Gasteiger partial charge >= 0.3 is 11.4 Å². The number of aryl methyl sites for hydroxylation is 3. The van der Waals surface area contributed by atoms with Gasteiger partial charge in [0, 0.05) is 71.7 Å². The highest BCUT2D eigenvalue weighted by Gasteiger charge is 2.54. The summed E-state index contributed by atoms with van der Waals surface area (Å²) in [6.45, 7) is 9.24. The molecule has 3 aromatic carbocycles. The van der Waals surface area contributed by atoms with Gasteiger partial charge in [0.15, 0.2) is 5.82 Å². The number of hydrogen-bond acceptors (Lipinski definition) is 8. The zero-order chi connectivity index (χ0) is 46.1. The Morgan fingerprint density at radius 3 is 2.28 bits per heavy atom. The smallest absolute Gasteiger partial charge is 0.381 e. The minimum absolute atomic E-state index is 0.210. The number of hydrogen-bond donors (Lipinski definition) is 1. The van der Waals surface area contributed by atoms with E-state index >= 15 is 9.18 Å². The van der Waals surface area contributed by atoms with Crippen LogP contribution in [0, 0.1) is 19.7 Å². The van der Waals surface area contributed by atoms with E-state index in [2.05, 4.69) is 35.3 Å². The Kier molecular flexibility index (Phi) is 9.79. The summed E-state index contributed by atoms with van der Waals surface area (Å²) in [5.74, 6) is 0.0188. The van der Waals surface area contributed by atoms with Crippen LogP contribution in [0.15, 0.2) is 81.1 Å². The van der Waals surface area contributed by atoms with E-state index in [-0.39, 0.29) is 28.7 Å². The summed E-state index contributed by atoms with van der Waals surface area (Å²) >= 11 is 0. The number of rotatable bonds is 11. The third-order valence-corrected chi connectivity index (χ3v) is 19.8. The van der Waals surface area contributed by atoms with E-state index < -0.39 is 24.5 Å². The highest BCUT2D eigenvalue weighted by molar-refractivity contribution is 7.73. The van der Waals surface area contributed by atoms with Gasteiger partial charge < -0.3 is 18.8 Å². The molecule has 0 unspecified atom stereocenters. The molecular weight excluding hydrogens is 871 g/mol. The van der Waals surface area contributed by atoms with Gasteiger partial charge in [0.25, 0.3) is 5.91 Å². The molecule has 2 aliphatic heterocycles. The lowest BCUT2D eigenvalue weighted by Gasteiger charge is -2.34. The third-order valence-electron chi connectivity index (χ3n) is 15.4. The highest BCUT2D eigenvalue weighted by Crippen LogP contribution is 2.69. The van der Waals surface area contributed by atoms with Crippen LogP contribution in [0.5, 0.6) is 0 Å². The van der Waals surface area contributed by atoms with Crippen LogP contribution in [-0.2, 0) is 27.7 Å². The van der Waals surface area contributed by atoms with Crippen LogP contribution in [0.3, 0.4) is 0 Å². The number of benzene rings is 3. The lowest BCUT2D eigenvalue weighted by molar-refractivity contribution is 0.0664. The van der Waals surface area contributed by atoms with Crippen molar-refractivity contribution in [3.05, 3.63) is 139 Å². The van der Waals surface area contributed by atoms with Gasteiger partial charge in [-0.25, -0.2) is 18.7 Å². The zero-order valence-corrected chi connectivity index (χ0v) is 39.2. The fraction of sp³-hybridized carbons (Fsp3) is 0.431. The number of fused-ring (bicyclic) bond motifs is 2. The Morgan fingerprint density at radius 2 is 1.63 bits per heavy atom. The van der Waals surface area contributed by atoms with Crippen molar-refractivity contribution in [3.63, 3.8) is 0 Å². The lowest BCUT2D eigenvalue weighted by atomic mass is 9.91. The van der Waals surface area contributed by atoms with Crippen molar-refractivity contribution in [2.45, 2.75) is 121 Å². The Hall–Kier alpha value is -6.05. The van der Waals surface area contributed by atoms with Crippen molar-refractivity contribution >= 4 is 29.3 Å². The molecule has 3 saturated carbocycles. The van der Waals surface area contributed by atoms with Gasteiger partial charge in [-0.05, 0) is 155 Å². The Bertz CT molecular complexity index is 3300. The monoisotopic (exact) mass is 924 g/mol. The minimum Gasteiger partial charge on any atom is -0.381 e. The number of halogens is 1. The second-order valence-corrected chi connectivity index (χ2v) is 23.0. The fourth-order valence-corrected chi connectivity index (χ4v) is 15.7. The Balaban J connectivity index is 0.975. The number of amides is 1. The van der Waals surface area contributed by atoms with Gasteiger partial charge in [0.2, 0.25) is 0 Å². The molecule has 12 rings (SSSR count). The predicted octanol–water partition coefficient (Wildman–Crippen LogP) is 8.27. The van der Waals surface area contributed by atoms with E-state index in [4.69, 9.17) is 14.4 Å². The van der Waals surface area contributed by atoms with Crippen LogP contribution in [0.4, 0.5) is 4.39 Å². The van der Waals surface area contributed by atoms with Crippen molar-refractivity contribution in [1.29, 1.82) is 0 Å². The Labute approximate surface area is 386 Å². The number of ether oxygens (including phenoxy) is 1. The maximum atomic E-state index is 15.5. The molecule has 67 heavy (non-hydrogen) atoms. The number of aromatic nitrogens is 7. The molecule has 5 aliphatic rings. The molecule has 16 heteroatoms. The molecule has 1 saturated heterocycles. The first-order valence-corrected chi connectivity index (χ1v) is 25.8. The Morgan fingerprint density at radius 1 is 0.910 bits per heavy atom. The van der Waals surface area contributed by atoms with Crippen LogP contribution < -0.4 is 16.8 Å². The van der Waals surface area contributed by atoms with Crippen molar-refractivity contribution in [2.75, 3.05) is 19.8 Å². The van der Waals surface area contributed by atoms with E-state index in [0.29, 0.717) is 96.8 Å². The van der Waals surface area contributed by atoms with Crippen LogP contribution in [-0.4, -0.2) is 75.5 Å². The first-order chi connectivity index (χ1) is 32.4. The van der Waals surface area contributed by atoms with Gasteiger partial charge in [0.1, 0.15) is 30.0 Å². The van der Waals surface area contributed by atoms with Gasteiger partial charge in [-0.15, -0.1) is 0 Å². The molecule has 4 fully saturated rings. The number of nitrogens with zero attached hydrogens (tertiary/aromatic N) is 7. The summed E-state index contributed by atoms with van der Waals surface area (Å²) in [5, 5.41) is 11.2. The summed E-state index contributed by atoms with van der Waals surface area (Å²) in [7, 11) is -2.55. The number of imidazole rings is 1. The first kappa shape index (κ1) is 42.3. The fourth-order valence-electron chi connectivity index (χ4n) is 11.5. The summed E-state index contributed by atoms with van der Waals surface area (Å²) in [5.41, 5.74) is 6.56. The zero-order valence-electron chi connectivity index (χ0n) is 38.3. The van der Waals surface area contributed by atoms with E-state index in [0.717, 1.165) is 66.0 Å². The van der Waals surface area contributed by atoms with E-state index in [1.54, 1.807) is 52.2 Å². The van der Waals surface area contributed by atoms with Gasteiger partial charge in [-0.2, -0.15) is 5.10 Å². The second kappa shape index (κ2) is 15.5. The largest absolute Gasteiger partial charge is 0.438 e. The summed E-state index contributed by atoms with van der Waals surface area (Å²) in [4.78, 5) is 47.4. The van der Waals surface area contributed by atoms with E-state index in [9.17, 15) is 14.2 Å². The molecule has 0 spiro atoms.